The summed E-state index contributed by atoms with van der Waals surface area (Å²) in [7, 11) is 1.78. The fourth-order valence-corrected chi connectivity index (χ4v) is 3.01. The molecule has 24 heavy (non-hydrogen) atoms. The first-order valence-corrected chi connectivity index (χ1v) is 8.34. The van der Waals surface area contributed by atoms with Crippen molar-refractivity contribution >= 4 is 6.03 Å². The van der Waals surface area contributed by atoms with Gasteiger partial charge in [-0.15, -0.1) is 0 Å². The molecule has 2 aromatic rings. The minimum absolute atomic E-state index is 0.0102. The van der Waals surface area contributed by atoms with Crippen molar-refractivity contribution in [2.24, 2.45) is 0 Å². The Morgan fingerprint density at radius 3 is 2.71 bits per heavy atom. The van der Waals surface area contributed by atoms with Crippen LogP contribution in [0.25, 0.3) is 11.3 Å². The summed E-state index contributed by atoms with van der Waals surface area (Å²) < 4.78 is 13.1. The number of carbonyl (C=O) groups excluding carboxylic acids is 1. The number of amides is 2. The third-order valence-corrected chi connectivity index (χ3v) is 4.56. The maximum absolute atomic E-state index is 13.1. The number of benzene rings is 1. The molecular weight excluding hydrogens is 307 g/mol. The van der Waals surface area contributed by atoms with Crippen LogP contribution >= 0.6 is 0 Å². The van der Waals surface area contributed by atoms with Crippen LogP contribution in [0, 0.1) is 5.82 Å². The van der Waals surface area contributed by atoms with Crippen molar-refractivity contribution in [3.05, 3.63) is 41.8 Å². The fraction of sp³-hybridized carbons (Fsp3) is 0.444. The Balaban J connectivity index is 1.67. The van der Waals surface area contributed by atoms with Gasteiger partial charge in [0.15, 0.2) is 0 Å². The van der Waals surface area contributed by atoms with E-state index in [-0.39, 0.29) is 17.4 Å². The Labute approximate surface area is 141 Å². The van der Waals surface area contributed by atoms with Crippen LogP contribution in [0.2, 0.25) is 0 Å². The van der Waals surface area contributed by atoms with E-state index in [9.17, 15) is 9.18 Å². The van der Waals surface area contributed by atoms with Gasteiger partial charge in [0.1, 0.15) is 5.82 Å². The minimum Gasteiger partial charge on any atom is -0.333 e. The number of hydrogen-bond acceptors (Lipinski definition) is 2. The molecule has 1 aromatic carbocycles. The van der Waals surface area contributed by atoms with E-state index >= 15 is 0 Å². The van der Waals surface area contributed by atoms with Gasteiger partial charge in [0.2, 0.25) is 0 Å². The van der Waals surface area contributed by atoms with Crippen LogP contribution in [0.3, 0.4) is 0 Å². The number of halogens is 1. The van der Waals surface area contributed by atoms with Gasteiger partial charge < -0.3 is 10.2 Å². The Morgan fingerprint density at radius 2 is 2.08 bits per heavy atom. The van der Waals surface area contributed by atoms with E-state index in [2.05, 4.69) is 22.4 Å². The summed E-state index contributed by atoms with van der Waals surface area (Å²) in [5.41, 5.74) is 2.57. The number of carbonyl (C=O) groups is 1. The Kier molecular flexibility index (Phi) is 4.55. The Morgan fingerprint density at radius 1 is 1.38 bits per heavy atom. The lowest BCUT2D eigenvalue weighted by atomic mass is 10.1. The van der Waals surface area contributed by atoms with Crippen LogP contribution in [0.5, 0.6) is 0 Å². The monoisotopic (exact) mass is 330 g/mol. The van der Waals surface area contributed by atoms with Gasteiger partial charge in [0.05, 0.1) is 18.4 Å². The first-order chi connectivity index (χ1) is 11.5. The average molecular weight is 330 g/mol. The van der Waals surface area contributed by atoms with Crippen LogP contribution in [-0.2, 0) is 6.54 Å². The summed E-state index contributed by atoms with van der Waals surface area (Å²) in [6.07, 6.45) is 5.93. The van der Waals surface area contributed by atoms with Crippen molar-refractivity contribution in [1.29, 1.82) is 0 Å². The first-order valence-electron chi connectivity index (χ1n) is 8.34. The summed E-state index contributed by atoms with van der Waals surface area (Å²) in [6.45, 7) is 2.58. The van der Waals surface area contributed by atoms with E-state index in [1.807, 2.05) is 0 Å². The standard InChI is InChI=1S/C18H23FN4O/c1-3-8-18(9-10-18)21-17(24)23(2)12-14-11-20-22-16(14)13-4-6-15(19)7-5-13/h4-7,11H,3,8-10,12H2,1-2H3,(H,20,22)(H,21,24). The molecule has 0 radical (unpaired) electrons. The van der Waals surface area contributed by atoms with Gasteiger partial charge in [-0.1, -0.05) is 13.3 Å². The predicted molar refractivity (Wildman–Crippen MR) is 90.9 cm³/mol. The van der Waals surface area contributed by atoms with Gasteiger partial charge in [-0.3, -0.25) is 5.10 Å². The Bertz CT molecular complexity index is 706. The molecule has 1 fully saturated rings. The first kappa shape index (κ1) is 16.5. The van der Waals surface area contributed by atoms with E-state index in [4.69, 9.17) is 0 Å². The summed E-state index contributed by atoms with van der Waals surface area (Å²) >= 11 is 0. The van der Waals surface area contributed by atoms with E-state index in [0.717, 1.165) is 42.5 Å². The quantitative estimate of drug-likeness (QED) is 0.848. The van der Waals surface area contributed by atoms with Crippen molar-refractivity contribution in [3.63, 3.8) is 0 Å². The smallest absolute Gasteiger partial charge is 0.317 e. The van der Waals surface area contributed by atoms with Crippen molar-refractivity contribution < 1.29 is 9.18 Å². The van der Waals surface area contributed by atoms with Gasteiger partial charge in [-0.2, -0.15) is 5.10 Å². The molecule has 1 heterocycles. The van der Waals surface area contributed by atoms with Gasteiger partial charge in [-0.05, 0) is 43.5 Å². The summed E-state index contributed by atoms with van der Waals surface area (Å²) in [5.74, 6) is -0.276. The number of nitrogens with one attached hydrogen (secondary N) is 2. The maximum atomic E-state index is 13.1. The third kappa shape index (κ3) is 3.58. The molecule has 2 amide bonds. The molecule has 3 rings (SSSR count). The summed E-state index contributed by atoms with van der Waals surface area (Å²) in [4.78, 5) is 14.1. The predicted octanol–water partition coefficient (Wildman–Crippen LogP) is 3.69. The van der Waals surface area contributed by atoms with Crippen LogP contribution in [0.15, 0.2) is 30.5 Å². The minimum atomic E-state index is -0.276. The topological polar surface area (TPSA) is 61.0 Å². The number of urea groups is 1. The molecule has 0 spiro atoms. The number of aromatic amines is 1. The second-order valence-electron chi connectivity index (χ2n) is 6.59. The molecule has 0 atom stereocenters. The number of nitrogens with zero attached hydrogens (tertiary/aromatic N) is 2. The van der Waals surface area contributed by atoms with E-state index in [1.165, 1.54) is 12.1 Å². The van der Waals surface area contributed by atoms with Crippen LogP contribution in [0.1, 0.15) is 38.2 Å². The molecule has 5 nitrogen and oxygen atoms in total. The second-order valence-corrected chi connectivity index (χ2v) is 6.59. The number of aromatic nitrogens is 2. The van der Waals surface area contributed by atoms with E-state index in [0.29, 0.717) is 6.54 Å². The van der Waals surface area contributed by atoms with Crippen LogP contribution in [-0.4, -0.2) is 33.7 Å². The SMILES string of the molecule is CCCC1(NC(=O)N(C)Cc2cn[nH]c2-c2ccc(F)cc2)CC1. The average Bonchev–Trinajstić information content (AvgIpc) is 3.15. The third-order valence-electron chi connectivity index (χ3n) is 4.56. The summed E-state index contributed by atoms with van der Waals surface area (Å²) in [6, 6.07) is 6.17. The highest BCUT2D eigenvalue weighted by Crippen LogP contribution is 2.39. The normalized spacial score (nSPS) is 15.1. The second kappa shape index (κ2) is 6.63. The molecule has 0 bridgehead atoms. The van der Waals surface area contributed by atoms with E-state index in [1.54, 1.807) is 30.3 Å². The van der Waals surface area contributed by atoms with Crippen molar-refractivity contribution in [2.45, 2.75) is 44.7 Å². The van der Waals surface area contributed by atoms with Crippen molar-refractivity contribution in [2.75, 3.05) is 7.05 Å². The molecule has 6 heteroatoms. The highest BCUT2D eigenvalue weighted by Gasteiger charge is 2.43. The molecule has 1 aliphatic rings. The molecule has 0 unspecified atom stereocenters. The van der Waals surface area contributed by atoms with Gasteiger partial charge in [0, 0.05) is 23.7 Å². The molecule has 1 saturated carbocycles. The van der Waals surface area contributed by atoms with Crippen molar-refractivity contribution in [3.8, 4) is 11.3 Å². The molecule has 1 aliphatic carbocycles. The lowest BCUT2D eigenvalue weighted by Crippen LogP contribution is -2.44. The number of rotatable bonds is 6. The van der Waals surface area contributed by atoms with Gasteiger partial charge in [-0.25, -0.2) is 9.18 Å². The van der Waals surface area contributed by atoms with E-state index < -0.39 is 0 Å². The molecule has 0 saturated heterocycles. The highest BCUT2D eigenvalue weighted by atomic mass is 19.1. The van der Waals surface area contributed by atoms with Crippen LogP contribution < -0.4 is 5.32 Å². The molecular formula is C18H23FN4O. The molecule has 128 valence electrons. The number of hydrogen-bond donors (Lipinski definition) is 2. The zero-order valence-electron chi connectivity index (χ0n) is 14.1. The lowest BCUT2D eigenvalue weighted by Gasteiger charge is -2.23. The van der Waals surface area contributed by atoms with Crippen LogP contribution in [0.4, 0.5) is 9.18 Å². The molecule has 1 aromatic heterocycles. The zero-order valence-corrected chi connectivity index (χ0v) is 14.1. The van der Waals surface area contributed by atoms with Gasteiger partial charge >= 0.3 is 6.03 Å². The zero-order chi connectivity index (χ0) is 17.2. The fourth-order valence-electron chi connectivity index (χ4n) is 3.01. The lowest BCUT2D eigenvalue weighted by molar-refractivity contribution is 0.200. The maximum Gasteiger partial charge on any atom is 0.317 e. The van der Waals surface area contributed by atoms with Crippen molar-refractivity contribution in [1.82, 2.24) is 20.4 Å². The molecule has 0 aliphatic heterocycles. The highest BCUT2D eigenvalue weighted by molar-refractivity contribution is 5.75. The van der Waals surface area contributed by atoms with Gasteiger partial charge in [0.25, 0.3) is 0 Å². The Hall–Kier alpha value is -2.37. The number of H-pyrrole nitrogens is 1. The largest absolute Gasteiger partial charge is 0.333 e. The molecule has 2 N–H and O–H groups in total. The summed E-state index contributed by atoms with van der Waals surface area (Å²) in [5, 5.41) is 10.2.